The molecule has 0 heterocycles. The summed E-state index contributed by atoms with van der Waals surface area (Å²) < 4.78 is 0. The van der Waals surface area contributed by atoms with Crippen molar-refractivity contribution in [1.29, 1.82) is 0 Å². The van der Waals surface area contributed by atoms with Gasteiger partial charge in [-0.05, 0) is 25.9 Å². The van der Waals surface area contributed by atoms with Crippen LogP contribution in [0.25, 0.3) is 0 Å². The number of unbranched alkanes of at least 4 members (excludes halogenated alkanes) is 30. The Kier molecular flexibility index (Phi) is 41.8. The van der Waals surface area contributed by atoms with Crippen LogP contribution in [0.4, 0.5) is 0 Å². The monoisotopic (exact) mass is 608 g/mol. The lowest BCUT2D eigenvalue weighted by atomic mass is 10.0. The molecule has 3 heteroatoms. The maximum Gasteiger partial charge on any atom is 0.00772 e. The van der Waals surface area contributed by atoms with Crippen LogP contribution in [0, 0.1) is 0 Å². The van der Waals surface area contributed by atoms with Gasteiger partial charge in [-0.2, -0.15) is 0 Å². The van der Waals surface area contributed by atoms with Crippen molar-refractivity contribution in [2.24, 2.45) is 0 Å². The molecule has 3 N–H and O–H groups in total. The molecule has 0 aliphatic carbocycles. The first-order valence-electron chi connectivity index (χ1n) is 20.5. The molecule has 0 aliphatic heterocycles. The van der Waals surface area contributed by atoms with E-state index in [9.17, 15) is 0 Å². The van der Waals surface area contributed by atoms with Crippen LogP contribution < -0.4 is 16.0 Å². The number of hydrogen-bond acceptors (Lipinski definition) is 3. The van der Waals surface area contributed by atoms with Gasteiger partial charge in [-0.3, -0.25) is 0 Å². The predicted molar refractivity (Wildman–Crippen MR) is 198 cm³/mol. The van der Waals surface area contributed by atoms with Crippen molar-refractivity contribution >= 4 is 0 Å². The molecule has 0 aliphatic rings. The third-order valence-corrected chi connectivity index (χ3v) is 9.37. The van der Waals surface area contributed by atoms with Gasteiger partial charge in [-0.1, -0.05) is 206 Å². The van der Waals surface area contributed by atoms with Gasteiger partial charge in [0.2, 0.25) is 0 Å². The fraction of sp³-hybridized carbons (Fsp3) is 1.00. The molecule has 0 aromatic rings. The standard InChI is InChI=1S/C40H85N3/c1-3-5-7-9-11-13-15-17-19-21-23-25-27-29-31-33-35-41-37-39-43-40-38-42-36-34-32-30-28-26-24-22-20-18-16-14-12-10-8-6-4-2/h41-43H,3-40H2,1-2H3. The Morgan fingerprint density at radius 1 is 0.186 bits per heavy atom. The Morgan fingerprint density at radius 2 is 0.349 bits per heavy atom. The summed E-state index contributed by atoms with van der Waals surface area (Å²) in [6.45, 7) is 11.4. The van der Waals surface area contributed by atoms with E-state index in [0.717, 1.165) is 26.2 Å². The summed E-state index contributed by atoms with van der Waals surface area (Å²) in [4.78, 5) is 0. The highest BCUT2D eigenvalue weighted by Gasteiger charge is 1.97. The molecule has 0 bridgehead atoms. The normalized spacial score (nSPS) is 11.6. The minimum Gasteiger partial charge on any atom is -0.315 e. The largest absolute Gasteiger partial charge is 0.315 e. The van der Waals surface area contributed by atoms with Gasteiger partial charge in [0.15, 0.2) is 0 Å². The minimum absolute atomic E-state index is 1.10. The van der Waals surface area contributed by atoms with Gasteiger partial charge in [0, 0.05) is 26.2 Å². The average molecular weight is 608 g/mol. The zero-order chi connectivity index (χ0) is 31.0. The second kappa shape index (κ2) is 41.9. The van der Waals surface area contributed by atoms with Gasteiger partial charge in [-0.25, -0.2) is 0 Å². The highest BCUT2D eigenvalue weighted by molar-refractivity contribution is 4.57. The van der Waals surface area contributed by atoms with E-state index in [-0.39, 0.29) is 0 Å². The maximum absolute atomic E-state index is 3.61. The van der Waals surface area contributed by atoms with Gasteiger partial charge in [0.1, 0.15) is 0 Å². The first-order valence-corrected chi connectivity index (χ1v) is 20.5. The first-order chi connectivity index (χ1) is 21.4. The van der Waals surface area contributed by atoms with Gasteiger partial charge < -0.3 is 16.0 Å². The molecular formula is C40H85N3. The molecule has 0 saturated carbocycles. The Balaban J connectivity index is 3.02. The van der Waals surface area contributed by atoms with Gasteiger partial charge in [0.05, 0.1) is 0 Å². The number of hydrogen-bond donors (Lipinski definition) is 3. The molecule has 43 heavy (non-hydrogen) atoms. The maximum atomic E-state index is 3.61. The molecule has 260 valence electrons. The van der Waals surface area contributed by atoms with Crippen molar-refractivity contribution in [1.82, 2.24) is 16.0 Å². The fourth-order valence-electron chi connectivity index (χ4n) is 6.32. The van der Waals surface area contributed by atoms with Crippen LogP contribution in [-0.4, -0.2) is 39.3 Å². The second-order valence-electron chi connectivity index (χ2n) is 13.9. The molecule has 0 rings (SSSR count). The van der Waals surface area contributed by atoms with Gasteiger partial charge in [-0.15, -0.1) is 0 Å². The second-order valence-corrected chi connectivity index (χ2v) is 13.9. The molecule has 0 atom stereocenters. The summed E-state index contributed by atoms with van der Waals surface area (Å²) in [6.07, 6.45) is 46.3. The Morgan fingerprint density at radius 3 is 0.558 bits per heavy atom. The molecule has 0 fully saturated rings. The van der Waals surface area contributed by atoms with Crippen LogP contribution in [0.1, 0.15) is 219 Å². The van der Waals surface area contributed by atoms with Crippen LogP contribution in [0.2, 0.25) is 0 Å². The molecule has 0 amide bonds. The summed E-state index contributed by atoms with van der Waals surface area (Å²) >= 11 is 0. The van der Waals surface area contributed by atoms with Crippen molar-refractivity contribution in [3.05, 3.63) is 0 Å². The zero-order valence-corrected chi connectivity index (χ0v) is 30.4. The van der Waals surface area contributed by atoms with Crippen LogP contribution in [0.5, 0.6) is 0 Å². The number of rotatable bonds is 40. The smallest absolute Gasteiger partial charge is 0.00772 e. The summed E-state index contributed by atoms with van der Waals surface area (Å²) in [7, 11) is 0. The van der Waals surface area contributed by atoms with Crippen LogP contribution in [0.15, 0.2) is 0 Å². The molecule has 0 aromatic heterocycles. The van der Waals surface area contributed by atoms with E-state index in [0.29, 0.717) is 0 Å². The van der Waals surface area contributed by atoms with Crippen LogP contribution >= 0.6 is 0 Å². The van der Waals surface area contributed by atoms with Crippen molar-refractivity contribution in [2.75, 3.05) is 39.3 Å². The lowest BCUT2D eigenvalue weighted by Crippen LogP contribution is -2.33. The molecule has 0 radical (unpaired) electrons. The van der Waals surface area contributed by atoms with Crippen LogP contribution in [0.3, 0.4) is 0 Å². The van der Waals surface area contributed by atoms with E-state index in [2.05, 4.69) is 29.8 Å². The van der Waals surface area contributed by atoms with E-state index in [4.69, 9.17) is 0 Å². The van der Waals surface area contributed by atoms with Gasteiger partial charge in [0.25, 0.3) is 0 Å². The van der Waals surface area contributed by atoms with E-state index in [1.165, 1.54) is 219 Å². The summed E-state index contributed by atoms with van der Waals surface area (Å²) in [5, 5.41) is 10.8. The van der Waals surface area contributed by atoms with E-state index in [1.807, 2.05) is 0 Å². The molecule has 0 saturated heterocycles. The average Bonchev–Trinajstić information content (AvgIpc) is 3.02. The van der Waals surface area contributed by atoms with Crippen molar-refractivity contribution in [3.63, 3.8) is 0 Å². The predicted octanol–water partition coefficient (Wildman–Crippen LogP) is 12.3. The summed E-state index contributed by atoms with van der Waals surface area (Å²) in [5.41, 5.74) is 0. The summed E-state index contributed by atoms with van der Waals surface area (Å²) in [5.74, 6) is 0. The Hall–Kier alpha value is -0.120. The van der Waals surface area contributed by atoms with E-state index >= 15 is 0 Å². The topological polar surface area (TPSA) is 36.1 Å². The van der Waals surface area contributed by atoms with Gasteiger partial charge >= 0.3 is 0 Å². The Labute approximate surface area is 274 Å². The van der Waals surface area contributed by atoms with E-state index in [1.54, 1.807) is 0 Å². The molecule has 0 aromatic carbocycles. The zero-order valence-electron chi connectivity index (χ0n) is 30.4. The lowest BCUT2D eigenvalue weighted by molar-refractivity contribution is 0.519. The van der Waals surface area contributed by atoms with E-state index < -0.39 is 0 Å². The molecule has 3 nitrogen and oxygen atoms in total. The minimum atomic E-state index is 1.10. The first kappa shape index (κ1) is 42.9. The SMILES string of the molecule is CCCCCCCCCCCCCCCCCCNCCNCCNCCCCCCCCCCCCCCCCCC. The van der Waals surface area contributed by atoms with Crippen molar-refractivity contribution in [2.45, 2.75) is 219 Å². The quantitative estimate of drug-likeness (QED) is 0.0606. The summed E-state index contributed by atoms with van der Waals surface area (Å²) in [6, 6.07) is 0. The molecule has 0 unspecified atom stereocenters. The Bertz CT molecular complexity index is 415. The molecule has 0 spiro atoms. The highest BCUT2D eigenvalue weighted by atomic mass is 15.0. The number of nitrogens with one attached hydrogen (secondary N) is 3. The fourth-order valence-corrected chi connectivity index (χ4v) is 6.32. The third kappa shape index (κ3) is 41.9. The highest BCUT2D eigenvalue weighted by Crippen LogP contribution is 2.15. The third-order valence-electron chi connectivity index (χ3n) is 9.37. The van der Waals surface area contributed by atoms with Crippen molar-refractivity contribution in [3.8, 4) is 0 Å². The molecular weight excluding hydrogens is 522 g/mol. The lowest BCUT2D eigenvalue weighted by Gasteiger charge is -2.08. The van der Waals surface area contributed by atoms with Crippen molar-refractivity contribution < 1.29 is 0 Å². The van der Waals surface area contributed by atoms with Crippen LogP contribution in [-0.2, 0) is 0 Å².